The molecule has 8 nitrogen and oxygen atoms in total. The monoisotopic (exact) mass is 585 g/mol. The molecule has 0 saturated heterocycles. The summed E-state index contributed by atoms with van der Waals surface area (Å²) in [5.74, 6) is -0.213. The summed E-state index contributed by atoms with van der Waals surface area (Å²) < 4.78 is 34.1. The number of ether oxygens (including phenoxy) is 1. The third-order valence-corrected chi connectivity index (χ3v) is 8.61. The maximum absolute atomic E-state index is 14.0. The van der Waals surface area contributed by atoms with E-state index in [2.05, 4.69) is 5.32 Å². The number of amides is 2. The Morgan fingerprint density at radius 3 is 2.10 bits per heavy atom. The number of aryl methyl sites for hydroxylation is 2. The number of carbonyl (C=O) groups is 2. The van der Waals surface area contributed by atoms with E-state index in [-0.39, 0.29) is 23.4 Å². The predicted molar refractivity (Wildman–Crippen MR) is 158 cm³/mol. The molecule has 3 rings (SSSR count). The van der Waals surface area contributed by atoms with Gasteiger partial charge in [0.15, 0.2) is 0 Å². The van der Waals surface area contributed by atoms with E-state index in [1.54, 1.807) is 50.4 Å². The van der Waals surface area contributed by atoms with Gasteiger partial charge in [0.1, 0.15) is 18.3 Å². The fourth-order valence-corrected chi connectivity index (χ4v) is 5.59. The van der Waals surface area contributed by atoms with Crippen molar-refractivity contribution in [3.05, 3.63) is 88.4 Å². The molecule has 0 heterocycles. The second-order valence-electron chi connectivity index (χ2n) is 9.94. The van der Waals surface area contributed by atoms with Gasteiger partial charge in [-0.15, -0.1) is 0 Å². The number of halogens is 1. The maximum Gasteiger partial charge on any atom is 0.264 e. The number of carbonyl (C=O) groups excluding carboxylic acids is 2. The average molecular weight is 586 g/mol. The van der Waals surface area contributed by atoms with Crippen LogP contribution in [0.15, 0.2) is 71.6 Å². The quantitative estimate of drug-likeness (QED) is 0.338. The molecule has 0 unspecified atom stereocenters. The van der Waals surface area contributed by atoms with Gasteiger partial charge in [-0.1, -0.05) is 29.8 Å². The van der Waals surface area contributed by atoms with E-state index < -0.39 is 28.5 Å². The summed E-state index contributed by atoms with van der Waals surface area (Å²) in [7, 11) is -2.60. The number of rotatable bonds is 11. The molecule has 3 aromatic carbocycles. The third-order valence-electron chi connectivity index (χ3n) is 6.57. The van der Waals surface area contributed by atoms with Crippen molar-refractivity contribution >= 4 is 39.1 Å². The molecule has 0 spiro atoms. The molecular formula is C30H36ClN3O5S. The van der Waals surface area contributed by atoms with Crippen LogP contribution in [0.3, 0.4) is 0 Å². The zero-order valence-corrected chi connectivity index (χ0v) is 25.2. The minimum atomic E-state index is -4.17. The van der Waals surface area contributed by atoms with E-state index in [0.717, 1.165) is 21.0 Å². The largest absolute Gasteiger partial charge is 0.497 e. The highest BCUT2D eigenvalue weighted by Crippen LogP contribution is 2.27. The Balaban J connectivity index is 2.05. The number of nitrogens with one attached hydrogen (secondary N) is 1. The van der Waals surface area contributed by atoms with Crippen molar-refractivity contribution < 1.29 is 22.7 Å². The fraction of sp³-hybridized carbons (Fsp3) is 0.333. The Bertz CT molecular complexity index is 1440. The molecule has 0 bridgehead atoms. The number of benzene rings is 3. The molecule has 0 radical (unpaired) electrons. The van der Waals surface area contributed by atoms with Crippen LogP contribution in [0, 0.1) is 13.8 Å². The van der Waals surface area contributed by atoms with Gasteiger partial charge < -0.3 is 15.0 Å². The molecule has 0 aromatic heterocycles. The third kappa shape index (κ3) is 7.55. The molecular weight excluding hydrogens is 550 g/mol. The van der Waals surface area contributed by atoms with E-state index in [9.17, 15) is 18.0 Å². The van der Waals surface area contributed by atoms with Gasteiger partial charge in [-0.25, -0.2) is 8.42 Å². The Hall–Kier alpha value is -3.56. The van der Waals surface area contributed by atoms with Crippen molar-refractivity contribution in [1.29, 1.82) is 0 Å². The Kier molecular flexibility index (Phi) is 10.2. The summed E-state index contributed by atoms with van der Waals surface area (Å²) in [5, 5.41) is 3.24. The molecule has 10 heteroatoms. The van der Waals surface area contributed by atoms with Crippen molar-refractivity contribution in [2.24, 2.45) is 0 Å². The van der Waals surface area contributed by atoms with E-state index in [1.165, 1.54) is 29.2 Å². The minimum Gasteiger partial charge on any atom is -0.497 e. The topological polar surface area (TPSA) is 96.0 Å². The lowest BCUT2D eigenvalue weighted by molar-refractivity contribution is -0.139. The number of hydrogen-bond donors (Lipinski definition) is 1. The second-order valence-corrected chi connectivity index (χ2v) is 12.2. The van der Waals surface area contributed by atoms with Crippen LogP contribution in [0.4, 0.5) is 5.69 Å². The molecule has 1 atom stereocenters. The standard InChI is InChI=1S/C30H36ClN3O5S/c1-20(2)32-30(36)23(5)33(18-24-8-13-27(39-6)14-9-24)29(35)19-34(26-12-7-21(3)22(4)17-26)40(37,38)28-15-10-25(31)11-16-28/h7-17,20,23H,18-19H2,1-6H3,(H,32,36)/t23-/m0/s1. The Morgan fingerprint density at radius 2 is 1.55 bits per heavy atom. The predicted octanol–water partition coefficient (Wildman–Crippen LogP) is 5.10. The molecule has 40 heavy (non-hydrogen) atoms. The highest BCUT2D eigenvalue weighted by atomic mass is 35.5. The van der Waals surface area contributed by atoms with Crippen LogP contribution in [0.2, 0.25) is 5.02 Å². The van der Waals surface area contributed by atoms with Crippen LogP contribution in [0.25, 0.3) is 0 Å². The molecule has 0 aliphatic rings. The lowest BCUT2D eigenvalue weighted by atomic mass is 10.1. The summed E-state index contributed by atoms with van der Waals surface area (Å²) in [6.45, 7) is 8.68. The Labute approximate surface area is 241 Å². The summed E-state index contributed by atoms with van der Waals surface area (Å²) in [6.07, 6.45) is 0. The number of sulfonamides is 1. The van der Waals surface area contributed by atoms with Crippen LogP contribution < -0.4 is 14.4 Å². The SMILES string of the molecule is COc1ccc(CN(C(=O)CN(c2ccc(C)c(C)c2)S(=O)(=O)c2ccc(Cl)cc2)[C@@H](C)C(=O)NC(C)C)cc1. The molecule has 0 fully saturated rings. The normalized spacial score (nSPS) is 12.1. The molecule has 1 N–H and O–H groups in total. The van der Waals surface area contributed by atoms with E-state index in [4.69, 9.17) is 16.3 Å². The van der Waals surface area contributed by atoms with Crippen molar-refractivity contribution in [2.75, 3.05) is 18.0 Å². The second kappa shape index (κ2) is 13.2. The molecule has 0 saturated carbocycles. The van der Waals surface area contributed by atoms with Gasteiger partial charge in [-0.05, 0) is 99.8 Å². The van der Waals surface area contributed by atoms with Crippen molar-refractivity contribution in [2.45, 2.75) is 58.1 Å². The van der Waals surface area contributed by atoms with Crippen LogP contribution in [0.1, 0.15) is 37.5 Å². The highest BCUT2D eigenvalue weighted by molar-refractivity contribution is 7.92. The number of nitrogens with zero attached hydrogens (tertiary/aromatic N) is 2. The van der Waals surface area contributed by atoms with Crippen molar-refractivity contribution in [3.63, 3.8) is 0 Å². The minimum absolute atomic E-state index is 0.00442. The first-order valence-corrected chi connectivity index (χ1v) is 14.7. The summed E-state index contributed by atoms with van der Waals surface area (Å²) in [6, 6.07) is 17.2. The van der Waals surface area contributed by atoms with Crippen LogP contribution in [0.5, 0.6) is 5.75 Å². The zero-order valence-electron chi connectivity index (χ0n) is 23.6. The van der Waals surface area contributed by atoms with E-state index in [0.29, 0.717) is 16.5 Å². The first kappa shape index (κ1) is 31.0. The van der Waals surface area contributed by atoms with Crippen molar-refractivity contribution in [3.8, 4) is 5.75 Å². The lowest BCUT2D eigenvalue weighted by Gasteiger charge is -2.32. The van der Waals surface area contributed by atoms with Crippen LogP contribution in [-0.4, -0.2) is 50.9 Å². The van der Waals surface area contributed by atoms with Gasteiger partial charge in [0.25, 0.3) is 10.0 Å². The smallest absolute Gasteiger partial charge is 0.264 e. The molecule has 214 valence electrons. The van der Waals surface area contributed by atoms with Gasteiger partial charge in [0, 0.05) is 17.6 Å². The number of hydrogen-bond acceptors (Lipinski definition) is 5. The summed E-state index contributed by atoms with van der Waals surface area (Å²) in [5.41, 5.74) is 2.96. The number of methoxy groups -OCH3 is 1. The zero-order chi connectivity index (χ0) is 29.6. The van der Waals surface area contributed by atoms with Gasteiger partial charge in [-0.3, -0.25) is 13.9 Å². The van der Waals surface area contributed by atoms with E-state index in [1.807, 2.05) is 33.8 Å². The first-order chi connectivity index (χ1) is 18.8. The van der Waals surface area contributed by atoms with Crippen LogP contribution >= 0.6 is 11.6 Å². The first-order valence-electron chi connectivity index (χ1n) is 12.9. The van der Waals surface area contributed by atoms with Gasteiger partial charge in [0.2, 0.25) is 11.8 Å². The van der Waals surface area contributed by atoms with Crippen LogP contribution in [-0.2, 0) is 26.2 Å². The van der Waals surface area contributed by atoms with Crippen molar-refractivity contribution in [1.82, 2.24) is 10.2 Å². The highest BCUT2D eigenvalue weighted by Gasteiger charge is 2.32. The summed E-state index contributed by atoms with van der Waals surface area (Å²) in [4.78, 5) is 28.4. The fourth-order valence-electron chi connectivity index (χ4n) is 4.06. The van der Waals surface area contributed by atoms with Gasteiger partial charge >= 0.3 is 0 Å². The average Bonchev–Trinajstić information content (AvgIpc) is 2.91. The number of anilines is 1. The van der Waals surface area contributed by atoms with E-state index >= 15 is 0 Å². The van der Waals surface area contributed by atoms with Gasteiger partial charge in [-0.2, -0.15) is 0 Å². The van der Waals surface area contributed by atoms with Gasteiger partial charge in [0.05, 0.1) is 17.7 Å². The molecule has 0 aliphatic carbocycles. The maximum atomic E-state index is 14.0. The Morgan fingerprint density at radius 1 is 0.925 bits per heavy atom. The molecule has 0 aliphatic heterocycles. The summed E-state index contributed by atoms with van der Waals surface area (Å²) >= 11 is 6.00. The molecule has 3 aromatic rings. The lowest BCUT2D eigenvalue weighted by Crippen LogP contribution is -2.52. The molecule has 2 amide bonds.